The monoisotopic (exact) mass is 628 g/mol. The van der Waals surface area contributed by atoms with Gasteiger partial charge in [0.1, 0.15) is 0 Å². The summed E-state index contributed by atoms with van der Waals surface area (Å²) in [5, 5.41) is 37.2. The minimum atomic E-state index is -0.380. The van der Waals surface area contributed by atoms with Gasteiger partial charge in [0, 0.05) is 41.3 Å². The molecular weight excluding hydrogens is 558 g/mol. The third kappa shape index (κ3) is 9.60. The van der Waals surface area contributed by atoms with Crippen molar-refractivity contribution in [3.8, 4) is 0 Å². The third-order valence-corrected chi connectivity index (χ3v) is 10.7. The number of rotatable bonds is 13. The summed E-state index contributed by atoms with van der Waals surface area (Å²) in [7, 11) is 0. The molecule has 0 aromatic heterocycles. The van der Waals surface area contributed by atoms with Crippen LogP contribution in [-0.4, -0.2) is 96.8 Å². The minimum Gasteiger partial charge on any atom is -0.378 e. The van der Waals surface area contributed by atoms with E-state index in [1.165, 1.54) is 0 Å². The average Bonchev–Trinajstić information content (AvgIpc) is 2.88. The lowest BCUT2D eigenvalue weighted by Crippen LogP contribution is -2.58. The van der Waals surface area contributed by atoms with E-state index in [-0.39, 0.29) is 59.3 Å². The van der Waals surface area contributed by atoms with Crippen LogP contribution < -0.4 is 0 Å². The molecule has 3 N–H and O–H groups in total. The molecule has 9 nitrogen and oxygen atoms in total. The van der Waals surface area contributed by atoms with Crippen molar-refractivity contribution in [3.63, 3.8) is 0 Å². The van der Waals surface area contributed by atoms with Crippen molar-refractivity contribution in [2.45, 2.75) is 200 Å². The first-order valence-corrected chi connectivity index (χ1v) is 17.6. The SMILES string of the molecule is CC(C)C1CC(OCCCCC(OC2CC(C(C)C)N(O)C(C)(C)C2)OC2CC(C(C)C)N(O)C(C)(C)C2)CC(C)(C)N1O. The van der Waals surface area contributed by atoms with Gasteiger partial charge >= 0.3 is 0 Å². The van der Waals surface area contributed by atoms with Crippen molar-refractivity contribution in [1.29, 1.82) is 0 Å². The van der Waals surface area contributed by atoms with Gasteiger partial charge in [-0.05, 0) is 117 Å². The minimum absolute atomic E-state index is 0.00671. The number of nitrogens with zero attached hydrogens (tertiary/aromatic N) is 3. The summed E-state index contributed by atoms with van der Waals surface area (Å²) in [5.74, 6) is 0.972. The fourth-order valence-electron chi connectivity index (χ4n) is 7.91. The third-order valence-electron chi connectivity index (χ3n) is 10.7. The lowest BCUT2D eigenvalue weighted by Gasteiger charge is -2.50. The van der Waals surface area contributed by atoms with Gasteiger partial charge in [0.25, 0.3) is 0 Å². The number of unbranched alkanes of at least 4 members (excludes halogenated alkanes) is 1. The standard InChI is InChI=1S/C35H69N3O6/c1-23(2)29-17-26(20-33(7,8)36(29)39)42-16-14-13-15-32(43-27-18-30(24(3)4)37(40)34(9,10)21-27)44-28-19-31(25(5)6)38(41)35(11,12)22-28/h23-32,39-41H,13-22H2,1-12H3. The lowest BCUT2D eigenvalue weighted by atomic mass is 9.82. The van der Waals surface area contributed by atoms with Crippen LogP contribution in [0.2, 0.25) is 0 Å². The van der Waals surface area contributed by atoms with Crippen molar-refractivity contribution in [1.82, 2.24) is 15.2 Å². The summed E-state index contributed by atoms with van der Waals surface area (Å²) in [6.07, 6.45) is 7.06. The Morgan fingerprint density at radius 2 is 0.909 bits per heavy atom. The van der Waals surface area contributed by atoms with Gasteiger partial charge < -0.3 is 29.8 Å². The molecule has 3 aliphatic rings. The highest BCUT2D eigenvalue weighted by atomic mass is 16.7. The van der Waals surface area contributed by atoms with E-state index in [1.54, 1.807) is 15.2 Å². The van der Waals surface area contributed by atoms with Gasteiger partial charge in [0.15, 0.2) is 6.29 Å². The largest absolute Gasteiger partial charge is 0.378 e. The fraction of sp³-hybridized carbons (Fsp3) is 1.00. The molecular formula is C35H69N3O6. The van der Waals surface area contributed by atoms with E-state index in [0.717, 1.165) is 57.8 Å². The maximum Gasteiger partial charge on any atom is 0.158 e. The molecule has 3 rings (SSSR count). The molecule has 0 aromatic carbocycles. The first-order chi connectivity index (χ1) is 20.2. The zero-order valence-corrected chi connectivity index (χ0v) is 30.3. The molecule has 0 saturated carbocycles. The van der Waals surface area contributed by atoms with E-state index in [2.05, 4.69) is 83.1 Å². The van der Waals surface area contributed by atoms with Gasteiger partial charge in [-0.2, -0.15) is 15.2 Å². The Hall–Kier alpha value is -0.360. The van der Waals surface area contributed by atoms with Crippen LogP contribution in [0.5, 0.6) is 0 Å². The second-order valence-electron chi connectivity index (χ2n) is 17.2. The normalized spacial score (nSPS) is 34.2. The highest BCUT2D eigenvalue weighted by Gasteiger charge is 2.45. The van der Waals surface area contributed by atoms with Gasteiger partial charge in [0.05, 0.1) is 18.3 Å². The number of piperidine rings is 3. The van der Waals surface area contributed by atoms with E-state index in [1.807, 2.05) is 0 Å². The van der Waals surface area contributed by atoms with Crippen LogP contribution in [0.3, 0.4) is 0 Å². The van der Waals surface area contributed by atoms with Crippen LogP contribution in [0.25, 0.3) is 0 Å². The van der Waals surface area contributed by atoms with Gasteiger partial charge in [-0.1, -0.05) is 41.5 Å². The topological polar surface area (TPSA) is 98.1 Å². The molecule has 3 fully saturated rings. The Balaban J connectivity index is 1.64. The molecule has 9 heteroatoms. The van der Waals surface area contributed by atoms with Crippen molar-refractivity contribution < 1.29 is 29.8 Å². The van der Waals surface area contributed by atoms with Gasteiger partial charge in [-0.15, -0.1) is 0 Å². The highest BCUT2D eigenvalue weighted by molar-refractivity contribution is 4.95. The van der Waals surface area contributed by atoms with Crippen molar-refractivity contribution in [2.75, 3.05) is 6.61 Å². The molecule has 3 heterocycles. The molecule has 0 amide bonds. The zero-order chi connectivity index (χ0) is 33.2. The van der Waals surface area contributed by atoms with Crippen molar-refractivity contribution >= 4 is 0 Å². The molecule has 0 aromatic rings. The quantitative estimate of drug-likeness (QED) is 0.142. The Labute approximate surface area is 269 Å². The smallest absolute Gasteiger partial charge is 0.158 e. The Morgan fingerprint density at radius 3 is 1.27 bits per heavy atom. The predicted octanol–water partition coefficient (Wildman–Crippen LogP) is 7.50. The molecule has 6 unspecified atom stereocenters. The number of hydrogen-bond donors (Lipinski definition) is 3. The molecule has 0 bridgehead atoms. The van der Waals surface area contributed by atoms with Crippen LogP contribution in [0.1, 0.15) is 141 Å². The summed E-state index contributed by atoms with van der Waals surface area (Å²) in [6, 6.07) is 0.163. The van der Waals surface area contributed by atoms with E-state index in [9.17, 15) is 15.6 Å². The molecule has 44 heavy (non-hydrogen) atoms. The van der Waals surface area contributed by atoms with E-state index >= 15 is 0 Å². The number of hydrogen-bond acceptors (Lipinski definition) is 9. The van der Waals surface area contributed by atoms with Crippen molar-refractivity contribution in [2.24, 2.45) is 17.8 Å². The summed E-state index contributed by atoms with van der Waals surface area (Å²) < 4.78 is 20.0. The first-order valence-electron chi connectivity index (χ1n) is 17.6. The zero-order valence-electron chi connectivity index (χ0n) is 30.3. The van der Waals surface area contributed by atoms with Crippen molar-refractivity contribution in [3.05, 3.63) is 0 Å². The average molecular weight is 628 g/mol. The van der Waals surface area contributed by atoms with Crippen LogP contribution in [0.4, 0.5) is 0 Å². The Bertz CT molecular complexity index is 837. The highest BCUT2D eigenvalue weighted by Crippen LogP contribution is 2.39. The lowest BCUT2D eigenvalue weighted by molar-refractivity contribution is -0.284. The van der Waals surface area contributed by atoms with E-state index in [0.29, 0.717) is 24.4 Å². The van der Waals surface area contributed by atoms with Gasteiger partial charge in [-0.3, -0.25) is 0 Å². The van der Waals surface area contributed by atoms with Crippen LogP contribution >= 0.6 is 0 Å². The van der Waals surface area contributed by atoms with E-state index < -0.39 is 0 Å². The molecule has 260 valence electrons. The second kappa shape index (κ2) is 15.2. The Kier molecular flexibility index (Phi) is 13.2. The molecule has 0 radical (unpaired) electrons. The van der Waals surface area contributed by atoms with Crippen LogP contribution in [0, 0.1) is 17.8 Å². The number of hydroxylamine groups is 6. The molecule has 3 saturated heterocycles. The van der Waals surface area contributed by atoms with Gasteiger partial charge in [-0.25, -0.2) is 0 Å². The maximum atomic E-state index is 10.9. The summed E-state index contributed by atoms with van der Waals surface area (Å²) >= 11 is 0. The summed E-state index contributed by atoms with van der Waals surface area (Å²) in [4.78, 5) is 0. The maximum absolute atomic E-state index is 10.9. The summed E-state index contributed by atoms with van der Waals surface area (Å²) in [5.41, 5.74) is -1.06. The predicted molar refractivity (Wildman–Crippen MR) is 174 cm³/mol. The molecule has 3 aliphatic heterocycles. The number of ether oxygens (including phenoxy) is 3. The van der Waals surface area contributed by atoms with Crippen LogP contribution in [0.15, 0.2) is 0 Å². The fourth-order valence-corrected chi connectivity index (χ4v) is 7.91. The molecule has 0 aliphatic carbocycles. The Morgan fingerprint density at radius 1 is 0.568 bits per heavy atom. The molecule has 0 spiro atoms. The summed E-state index contributed by atoms with van der Waals surface area (Å²) in [6.45, 7) is 26.2. The first kappa shape index (κ1) is 38.1. The van der Waals surface area contributed by atoms with E-state index in [4.69, 9.17) is 14.2 Å². The van der Waals surface area contributed by atoms with Gasteiger partial charge in [0.2, 0.25) is 0 Å². The second-order valence-corrected chi connectivity index (χ2v) is 17.2. The molecule has 6 atom stereocenters. The van der Waals surface area contributed by atoms with Crippen LogP contribution in [-0.2, 0) is 14.2 Å².